The first-order valence-electron chi connectivity index (χ1n) is 6.65. The van der Waals surface area contributed by atoms with Crippen LogP contribution in [0.3, 0.4) is 0 Å². The second kappa shape index (κ2) is 4.89. The van der Waals surface area contributed by atoms with Gasteiger partial charge >= 0.3 is 0 Å². The number of aryl methyl sites for hydroxylation is 1. The van der Waals surface area contributed by atoms with Crippen LogP contribution in [-0.4, -0.2) is 16.7 Å². The van der Waals surface area contributed by atoms with Crippen LogP contribution in [0.25, 0.3) is 16.7 Å². The number of hydrogen-bond donors (Lipinski definition) is 1. The monoisotopic (exact) mass is 267 g/mol. The Bertz CT molecular complexity index is 762. The van der Waals surface area contributed by atoms with Crippen molar-refractivity contribution in [3.63, 3.8) is 0 Å². The molecule has 0 saturated carbocycles. The molecule has 0 amide bonds. The number of ether oxygens (including phenoxy) is 1. The average molecular weight is 267 g/mol. The summed E-state index contributed by atoms with van der Waals surface area (Å²) in [6.45, 7) is 2.14. The third-order valence-corrected chi connectivity index (χ3v) is 3.47. The van der Waals surface area contributed by atoms with Crippen molar-refractivity contribution in [3.05, 3.63) is 48.0 Å². The summed E-state index contributed by atoms with van der Waals surface area (Å²) in [5.74, 6) is 1.21. The summed E-state index contributed by atoms with van der Waals surface area (Å²) in [5, 5.41) is 0. The highest BCUT2D eigenvalue weighted by Crippen LogP contribution is 2.29. The molecule has 0 atom stereocenters. The lowest BCUT2D eigenvalue weighted by Crippen LogP contribution is -2.01. The van der Waals surface area contributed by atoms with Crippen LogP contribution in [0.15, 0.2) is 42.5 Å². The number of nitrogens with zero attached hydrogens (tertiary/aromatic N) is 2. The first-order chi connectivity index (χ1) is 9.74. The van der Waals surface area contributed by atoms with Gasteiger partial charge in [0, 0.05) is 5.69 Å². The lowest BCUT2D eigenvalue weighted by molar-refractivity contribution is 0.419. The number of nitrogen functional groups attached to an aromatic ring is 1. The van der Waals surface area contributed by atoms with Gasteiger partial charge in [0.25, 0.3) is 0 Å². The highest BCUT2D eigenvalue weighted by atomic mass is 16.5. The third-order valence-electron chi connectivity index (χ3n) is 3.47. The number of methoxy groups -OCH3 is 1. The molecule has 0 radical (unpaired) electrons. The van der Waals surface area contributed by atoms with Gasteiger partial charge in [-0.05, 0) is 36.2 Å². The molecule has 0 fully saturated rings. The van der Waals surface area contributed by atoms with Crippen LogP contribution >= 0.6 is 0 Å². The summed E-state index contributed by atoms with van der Waals surface area (Å²) in [4.78, 5) is 4.43. The van der Waals surface area contributed by atoms with E-state index in [0.29, 0.717) is 5.95 Å². The van der Waals surface area contributed by atoms with Gasteiger partial charge < -0.3 is 10.5 Å². The third kappa shape index (κ3) is 1.90. The Morgan fingerprint density at radius 1 is 1.20 bits per heavy atom. The van der Waals surface area contributed by atoms with Gasteiger partial charge in [0.15, 0.2) is 0 Å². The average Bonchev–Trinajstić information content (AvgIpc) is 2.83. The van der Waals surface area contributed by atoms with E-state index in [9.17, 15) is 0 Å². The summed E-state index contributed by atoms with van der Waals surface area (Å²) in [6, 6.07) is 14.2. The maximum atomic E-state index is 6.10. The fourth-order valence-corrected chi connectivity index (χ4v) is 2.44. The molecule has 0 aliphatic heterocycles. The Morgan fingerprint density at radius 2 is 2.00 bits per heavy atom. The van der Waals surface area contributed by atoms with Gasteiger partial charge in [-0.2, -0.15) is 0 Å². The van der Waals surface area contributed by atoms with Crippen LogP contribution < -0.4 is 10.5 Å². The molecule has 0 bridgehead atoms. The van der Waals surface area contributed by atoms with E-state index < -0.39 is 0 Å². The summed E-state index contributed by atoms with van der Waals surface area (Å²) in [5.41, 5.74) is 10.1. The zero-order chi connectivity index (χ0) is 14.1. The van der Waals surface area contributed by atoms with Crippen LogP contribution in [0.4, 0.5) is 5.95 Å². The van der Waals surface area contributed by atoms with Gasteiger partial charge in [-0.15, -0.1) is 0 Å². The Kier molecular flexibility index (Phi) is 3.06. The van der Waals surface area contributed by atoms with Crippen molar-refractivity contribution in [2.45, 2.75) is 13.3 Å². The lowest BCUT2D eigenvalue weighted by atomic mass is 10.1. The van der Waals surface area contributed by atoms with E-state index in [1.54, 1.807) is 7.11 Å². The van der Waals surface area contributed by atoms with Crippen molar-refractivity contribution in [2.24, 2.45) is 0 Å². The van der Waals surface area contributed by atoms with E-state index in [0.717, 1.165) is 28.9 Å². The number of rotatable bonds is 3. The van der Waals surface area contributed by atoms with E-state index in [-0.39, 0.29) is 0 Å². The fourth-order valence-electron chi connectivity index (χ4n) is 2.44. The highest BCUT2D eigenvalue weighted by molar-refractivity contribution is 5.86. The second-order valence-electron chi connectivity index (χ2n) is 4.66. The summed E-state index contributed by atoms with van der Waals surface area (Å²) in [6.07, 6.45) is 0.990. The van der Waals surface area contributed by atoms with E-state index in [1.807, 2.05) is 34.9 Å². The molecule has 2 aromatic carbocycles. The van der Waals surface area contributed by atoms with Crippen molar-refractivity contribution in [3.8, 4) is 11.4 Å². The summed E-state index contributed by atoms with van der Waals surface area (Å²) >= 11 is 0. The van der Waals surface area contributed by atoms with Gasteiger partial charge in [0.2, 0.25) is 5.95 Å². The molecule has 1 heterocycles. The summed E-state index contributed by atoms with van der Waals surface area (Å²) < 4.78 is 7.30. The van der Waals surface area contributed by atoms with E-state index in [1.165, 1.54) is 5.56 Å². The topological polar surface area (TPSA) is 53.1 Å². The second-order valence-corrected chi connectivity index (χ2v) is 4.66. The number of anilines is 1. The zero-order valence-corrected chi connectivity index (χ0v) is 11.6. The minimum absolute atomic E-state index is 0.470. The number of nitrogens with two attached hydrogens (primary N) is 1. The maximum Gasteiger partial charge on any atom is 0.206 e. The molecular formula is C16H17N3O. The quantitative estimate of drug-likeness (QED) is 0.793. The van der Waals surface area contributed by atoms with Gasteiger partial charge in [-0.25, -0.2) is 4.98 Å². The van der Waals surface area contributed by atoms with Crippen LogP contribution in [0.1, 0.15) is 12.5 Å². The van der Waals surface area contributed by atoms with Crippen molar-refractivity contribution >= 4 is 17.0 Å². The molecule has 0 saturated heterocycles. The minimum Gasteiger partial charge on any atom is -0.494 e. The minimum atomic E-state index is 0.470. The van der Waals surface area contributed by atoms with Gasteiger partial charge in [-0.1, -0.05) is 25.1 Å². The van der Waals surface area contributed by atoms with Crippen molar-refractivity contribution in [1.82, 2.24) is 9.55 Å². The van der Waals surface area contributed by atoms with Gasteiger partial charge in [0.1, 0.15) is 11.3 Å². The normalized spacial score (nSPS) is 10.9. The molecule has 3 aromatic rings. The lowest BCUT2D eigenvalue weighted by Gasteiger charge is -2.08. The molecule has 102 valence electrons. The number of para-hydroxylation sites is 1. The molecule has 4 heteroatoms. The number of aromatic nitrogens is 2. The van der Waals surface area contributed by atoms with Crippen LogP contribution in [-0.2, 0) is 6.42 Å². The Labute approximate surface area is 117 Å². The molecule has 0 aliphatic carbocycles. The number of fused-ring (bicyclic) bond motifs is 1. The SMILES string of the molecule is CCc1cccc(-n2c(N)nc3c(OC)cccc32)c1. The number of imidazole rings is 1. The highest BCUT2D eigenvalue weighted by Gasteiger charge is 2.13. The molecule has 4 nitrogen and oxygen atoms in total. The molecule has 3 rings (SSSR count). The van der Waals surface area contributed by atoms with Gasteiger partial charge in [0.05, 0.1) is 12.6 Å². The largest absolute Gasteiger partial charge is 0.494 e. The Hall–Kier alpha value is -2.49. The molecule has 0 spiro atoms. The van der Waals surface area contributed by atoms with E-state index in [2.05, 4.69) is 24.0 Å². The van der Waals surface area contributed by atoms with Crippen LogP contribution in [0.5, 0.6) is 5.75 Å². The molecule has 0 aliphatic rings. The van der Waals surface area contributed by atoms with Crippen LogP contribution in [0, 0.1) is 0 Å². The van der Waals surface area contributed by atoms with Crippen molar-refractivity contribution < 1.29 is 4.74 Å². The van der Waals surface area contributed by atoms with Crippen LogP contribution in [0.2, 0.25) is 0 Å². The summed E-state index contributed by atoms with van der Waals surface area (Å²) in [7, 11) is 1.64. The Balaban J connectivity index is 2.28. The van der Waals surface area contributed by atoms with Gasteiger partial charge in [-0.3, -0.25) is 4.57 Å². The number of benzene rings is 2. The van der Waals surface area contributed by atoms with E-state index >= 15 is 0 Å². The first-order valence-corrected chi connectivity index (χ1v) is 6.65. The maximum absolute atomic E-state index is 6.10. The standard InChI is InChI=1S/C16H17N3O/c1-3-11-6-4-7-12(10-11)19-13-8-5-9-14(20-2)15(13)18-16(19)17/h4-10H,3H2,1-2H3,(H2,17,18). The van der Waals surface area contributed by atoms with Crippen molar-refractivity contribution in [1.29, 1.82) is 0 Å². The molecular weight excluding hydrogens is 250 g/mol. The van der Waals surface area contributed by atoms with E-state index in [4.69, 9.17) is 10.5 Å². The predicted molar refractivity (Wildman–Crippen MR) is 81.4 cm³/mol. The molecule has 0 unspecified atom stereocenters. The first kappa shape index (κ1) is 12.5. The number of hydrogen-bond acceptors (Lipinski definition) is 3. The smallest absolute Gasteiger partial charge is 0.206 e. The molecule has 20 heavy (non-hydrogen) atoms. The zero-order valence-electron chi connectivity index (χ0n) is 11.6. The predicted octanol–water partition coefficient (Wildman–Crippen LogP) is 3.18. The molecule has 2 N–H and O–H groups in total. The Morgan fingerprint density at radius 3 is 2.75 bits per heavy atom. The van der Waals surface area contributed by atoms with Crippen molar-refractivity contribution in [2.75, 3.05) is 12.8 Å². The fraction of sp³-hybridized carbons (Fsp3) is 0.188. The molecule has 1 aromatic heterocycles.